The minimum absolute atomic E-state index is 0.108. The van der Waals surface area contributed by atoms with Crippen molar-refractivity contribution in [2.45, 2.75) is 38.0 Å². The third kappa shape index (κ3) is 4.44. The molecule has 0 atom stereocenters. The minimum Gasteiger partial charge on any atom is -0.484 e. The Morgan fingerprint density at radius 3 is 2.06 bits per heavy atom. The zero-order chi connectivity index (χ0) is 23.5. The number of rotatable bonds is 6. The lowest BCUT2D eigenvalue weighted by atomic mass is 9.84. The first-order chi connectivity index (χ1) is 16.6. The summed E-state index contributed by atoms with van der Waals surface area (Å²) in [5.41, 5.74) is 3.15. The molecule has 3 amide bonds. The summed E-state index contributed by atoms with van der Waals surface area (Å²) in [7, 11) is 0. The number of hydrogen-bond donors (Lipinski definition) is 1. The smallest absolute Gasteiger partial charge is 0.266 e. The largest absolute Gasteiger partial charge is 0.484 e. The van der Waals surface area contributed by atoms with Crippen LogP contribution in [0.4, 0.5) is 11.4 Å². The van der Waals surface area contributed by atoms with Crippen LogP contribution in [-0.2, 0) is 4.79 Å². The van der Waals surface area contributed by atoms with Gasteiger partial charge in [-0.1, -0.05) is 43.5 Å². The third-order valence-electron chi connectivity index (χ3n) is 6.53. The monoisotopic (exact) mass is 454 g/mol. The number of nitrogens with zero attached hydrogens (tertiary/aromatic N) is 1. The van der Waals surface area contributed by atoms with Gasteiger partial charge >= 0.3 is 0 Å². The van der Waals surface area contributed by atoms with Crippen molar-refractivity contribution in [2.24, 2.45) is 0 Å². The Labute approximate surface area is 198 Å². The van der Waals surface area contributed by atoms with Crippen LogP contribution in [0.3, 0.4) is 0 Å². The van der Waals surface area contributed by atoms with E-state index in [2.05, 4.69) is 17.4 Å². The Bertz CT molecular complexity index is 1180. The highest BCUT2D eigenvalue weighted by atomic mass is 16.5. The Morgan fingerprint density at radius 1 is 0.824 bits per heavy atom. The Hall–Kier alpha value is -3.93. The van der Waals surface area contributed by atoms with Crippen LogP contribution < -0.4 is 15.0 Å². The molecule has 6 nitrogen and oxygen atoms in total. The molecule has 1 heterocycles. The standard InChI is InChI=1S/C28H26N2O4/c31-26(18-34-23-16-10-20(11-17-23)19-6-2-1-3-7-19)29-21-12-14-22(15-13-21)30-27(32)24-8-4-5-9-25(24)28(30)33/h4-5,8-17,19H,1-3,6-7,18H2,(H,29,31). The zero-order valence-electron chi connectivity index (χ0n) is 18.8. The van der Waals surface area contributed by atoms with Gasteiger partial charge in [-0.15, -0.1) is 0 Å². The van der Waals surface area contributed by atoms with E-state index in [4.69, 9.17) is 4.74 Å². The number of imide groups is 1. The molecule has 6 heteroatoms. The topological polar surface area (TPSA) is 75.7 Å². The van der Waals surface area contributed by atoms with Crippen LogP contribution in [-0.4, -0.2) is 24.3 Å². The quantitative estimate of drug-likeness (QED) is 0.495. The molecule has 1 N–H and O–H groups in total. The van der Waals surface area contributed by atoms with E-state index < -0.39 is 0 Å². The SMILES string of the molecule is O=C(COc1ccc(C2CCCCC2)cc1)Nc1ccc(N2C(=O)c3ccccc3C2=O)cc1. The van der Waals surface area contributed by atoms with Crippen molar-refractivity contribution in [3.05, 3.63) is 89.5 Å². The van der Waals surface area contributed by atoms with Gasteiger partial charge < -0.3 is 10.1 Å². The van der Waals surface area contributed by atoms with Crippen molar-refractivity contribution in [3.8, 4) is 5.75 Å². The molecule has 34 heavy (non-hydrogen) atoms. The first-order valence-corrected chi connectivity index (χ1v) is 11.7. The van der Waals surface area contributed by atoms with Gasteiger partial charge in [-0.05, 0) is 72.9 Å². The predicted octanol–water partition coefficient (Wildman–Crippen LogP) is 5.55. The summed E-state index contributed by atoms with van der Waals surface area (Å²) in [5.74, 6) is 0.315. The molecule has 1 aliphatic heterocycles. The highest BCUT2D eigenvalue weighted by molar-refractivity contribution is 6.34. The molecule has 0 aromatic heterocycles. The highest BCUT2D eigenvalue weighted by Crippen LogP contribution is 2.33. The fraction of sp³-hybridized carbons (Fsp3) is 0.250. The van der Waals surface area contributed by atoms with Gasteiger partial charge in [0.2, 0.25) is 0 Å². The molecule has 0 saturated heterocycles. The number of nitrogens with one attached hydrogen (secondary N) is 1. The maximum Gasteiger partial charge on any atom is 0.266 e. The molecular formula is C28H26N2O4. The average molecular weight is 455 g/mol. The summed E-state index contributed by atoms with van der Waals surface area (Å²) in [6.07, 6.45) is 6.41. The fourth-order valence-electron chi connectivity index (χ4n) is 4.74. The number of anilines is 2. The van der Waals surface area contributed by atoms with E-state index in [1.807, 2.05) is 12.1 Å². The van der Waals surface area contributed by atoms with Crippen LogP contribution in [0.2, 0.25) is 0 Å². The first kappa shape index (κ1) is 21.9. The Morgan fingerprint density at radius 2 is 1.44 bits per heavy atom. The molecule has 3 aromatic carbocycles. The van der Waals surface area contributed by atoms with Crippen LogP contribution in [0, 0.1) is 0 Å². The average Bonchev–Trinajstić information content (AvgIpc) is 3.14. The lowest BCUT2D eigenvalue weighted by Gasteiger charge is -2.22. The molecule has 0 unspecified atom stereocenters. The number of benzene rings is 3. The third-order valence-corrected chi connectivity index (χ3v) is 6.53. The molecule has 5 rings (SSSR count). The molecule has 1 saturated carbocycles. The number of ether oxygens (including phenoxy) is 1. The number of amides is 3. The summed E-state index contributed by atoms with van der Waals surface area (Å²) < 4.78 is 5.64. The van der Waals surface area contributed by atoms with Crippen molar-refractivity contribution < 1.29 is 19.1 Å². The van der Waals surface area contributed by atoms with Crippen molar-refractivity contribution in [2.75, 3.05) is 16.8 Å². The molecule has 0 radical (unpaired) electrons. The predicted molar refractivity (Wildman–Crippen MR) is 130 cm³/mol. The van der Waals surface area contributed by atoms with E-state index in [1.54, 1.807) is 48.5 Å². The van der Waals surface area contributed by atoms with E-state index in [-0.39, 0.29) is 24.3 Å². The van der Waals surface area contributed by atoms with E-state index >= 15 is 0 Å². The fourth-order valence-corrected chi connectivity index (χ4v) is 4.74. The highest BCUT2D eigenvalue weighted by Gasteiger charge is 2.36. The van der Waals surface area contributed by atoms with E-state index in [0.29, 0.717) is 34.2 Å². The zero-order valence-corrected chi connectivity index (χ0v) is 18.8. The van der Waals surface area contributed by atoms with Gasteiger partial charge in [0.25, 0.3) is 17.7 Å². The normalized spacial score (nSPS) is 15.8. The van der Waals surface area contributed by atoms with Crippen molar-refractivity contribution in [1.82, 2.24) is 0 Å². The molecule has 172 valence electrons. The van der Waals surface area contributed by atoms with Gasteiger partial charge in [0, 0.05) is 5.69 Å². The summed E-state index contributed by atoms with van der Waals surface area (Å²) >= 11 is 0. The first-order valence-electron chi connectivity index (χ1n) is 11.7. The lowest BCUT2D eigenvalue weighted by molar-refractivity contribution is -0.118. The van der Waals surface area contributed by atoms with Gasteiger partial charge in [0.1, 0.15) is 5.75 Å². The Balaban J connectivity index is 1.15. The number of carbonyl (C=O) groups excluding carboxylic acids is 3. The van der Waals surface area contributed by atoms with Crippen molar-refractivity contribution >= 4 is 29.1 Å². The number of carbonyl (C=O) groups is 3. The van der Waals surface area contributed by atoms with Crippen LogP contribution in [0.5, 0.6) is 5.75 Å². The van der Waals surface area contributed by atoms with Gasteiger partial charge in [-0.3, -0.25) is 14.4 Å². The molecule has 1 aliphatic carbocycles. The number of fused-ring (bicyclic) bond motifs is 1. The second kappa shape index (κ2) is 9.51. The second-order valence-electron chi connectivity index (χ2n) is 8.78. The minimum atomic E-state index is -0.347. The maximum absolute atomic E-state index is 12.6. The Kier molecular flexibility index (Phi) is 6.12. The van der Waals surface area contributed by atoms with E-state index in [0.717, 1.165) is 4.90 Å². The molecule has 0 spiro atoms. The van der Waals surface area contributed by atoms with Gasteiger partial charge in [0.15, 0.2) is 6.61 Å². The van der Waals surface area contributed by atoms with Crippen molar-refractivity contribution in [1.29, 1.82) is 0 Å². The summed E-state index contributed by atoms with van der Waals surface area (Å²) in [5, 5.41) is 2.78. The van der Waals surface area contributed by atoms with Crippen molar-refractivity contribution in [3.63, 3.8) is 0 Å². The molecule has 0 bridgehead atoms. The summed E-state index contributed by atoms with van der Waals surface area (Å²) in [6.45, 7) is -0.108. The van der Waals surface area contributed by atoms with E-state index in [9.17, 15) is 14.4 Å². The van der Waals surface area contributed by atoms with Gasteiger partial charge in [0.05, 0.1) is 16.8 Å². The van der Waals surface area contributed by atoms with Crippen LogP contribution in [0.15, 0.2) is 72.8 Å². The molecular weight excluding hydrogens is 428 g/mol. The van der Waals surface area contributed by atoms with Gasteiger partial charge in [-0.25, -0.2) is 4.90 Å². The van der Waals surface area contributed by atoms with Gasteiger partial charge in [-0.2, -0.15) is 0 Å². The molecule has 1 fully saturated rings. The summed E-state index contributed by atoms with van der Waals surface area (Å²) in [6, 6.07) is 21.4. The van der Waals surface area contributed by atoms with Crippen LogP contribution in [0.25, 0.3) is 0 Å². The van der Waals surface area contributed by atoms with E-state index in [1.165, 1.54) is 37.7 Å². The van der Waals surface area contributed by atoms with Crippen LogP contribution in [0.1, 0.15) is 64.3 Å². The maximum atomic E-state index is 12.6. The second-order valence-corrected chi connectivity index (χ2v) is 8.78. The van der Waals surface area contributed by atoms with Crippen LogP contribution >= 0.6 is 0 Å². The molecule has 2 aliphatic rings. The summed E-state index contributed by atoms with van der Waals surface area (Å²) in [4.78, 5) is 38.7. The molecule has 3 aromatic rings. The number of hydrogen-bond acceptors (Lipinski definition) is 4. The lowest BCUT2D eigenvalue weighted by Crippen LogP contribution is -2.29.